The lowest BCUT2D eigenvalue weighted by molar-refractivity contribution is -0.119. The lowest BCUT2D eigenvalue weighted by atomic mass is 10.1. The lowest BCUT2D eigenvalue weighted by Gasteiger charge is -2.16. The third-order valence-electron chi connectivity index (χ3n) is 3.11. The highest BCUT2D eigenvalue weighted by Gasteiger charge is 2.24. The van der Waals surface area contributed by atoms with E-state index in [1.165, 1.54) is 12.3 Å². The molecular formula is C15H11ClF3N3O2. The van der Waals surface area contributed by atoms with Crippen LogP contribution in [0.2, 0.25) is 5.15 Å². The number of nitrogens with zero attached hydrogens (tertiary/aromatic N) is 1. The first-order chi connectivity index (χ1) is 11.3. The van der Waals surface area contributed by atoms with Crippen molar-refractivity contribution in [3.05, 3.63) is 64.2 Å². The van der Waals surface area contributed by atoms with Gasteiger partial charge in [0.15, 0.2) is 0 Å². The first-order valence-electron chi connectivity index (χ1n) is 6.63. The fourth-order valence-electron chi connectivity index (χ4n) is 1.98. The van der Waals surface area contributed by atoms with Crippen molar-refractivity contribution in [3.8, 4) is 0 Å². The van der Waals surface area contributed by atoms with Crippen LogP contribution in [-0.4, -0.2) is 22.8 Å². The standard InChI is InChI=1S/C15H11ClF3N3O2/c16-12-2-1-7(6-21-12)3-11(14(20)23)22-15(24)13-9(18)4-8(17)5-10(13)19/h1-2,4-6,11H,3H2,(H2,20,23)(H,22,24)/t11-/m0/s1. The highest BCUT2D eigenvalue weighted by atomic mass is 35.5. The molecule has 0 aliphatic carbocycles. The number of hydrogen-bond donors (Lipinski definition) is 2. The summed E-state index contributed by atoms with van der Waals surface area (Å²) in [5.41, 5.74) is 4.71. The quantitative estimate of drug-likeness (QED) is 0.802. The number of rotatable bonds is 5. The number of pyridine rings is 1. The number of carbonyl (C=O) groups is 2. The SMILES string of the molecule is NC(=O)[C@H](Cc1ccc(Cl)nc1)NC(=O)c1c(F)cc(F)cc1F. The molecule has 0 unspecified atom stereocenters. The zero-order valence-electron chi connectivity index (χ0n) is 12.0. The maximum atomic E-state index is 13.6. The van der Waals surface area contributed by atoms with E-state index in [0.29, 0.717) is 17.7 Å². The average Bonchev–Trinajstić information content (AvgIpc) is 2.47. The summed E-state index contributed by atoms with van der Waals surface area (Å²) in [6.07, 6.45) is 1.30. The minimum absolute atomic E-state index is 0.0598. The van der Waals surface area contributed by atoms with E-state index in [-0.39, 0.29) is 11.6 Å². The molecule has 0 saturated carbocycles. The van der Waals surface area contributed by atoms with Crippen molar-refractivity contribution in [1.82, 2.24) is 10.3 Å². The van der Waals surface area contributed by atoms with Crippen molar-refractivity contribution in [2.45, 2.75) is 12.5 Å². The van der Waals surface area contributed by atoms with Crippen LogP contribution in [0.3, 0.4) is 0 Å². The molecule has 2 rings (SSSR count). The van der Waals surface area contributed by atoms with Gasteiger partial charge in [-0.1, -0.05) is 17.7 Å². The Labute approximate surface area is 139 Å². The molecule has 1 aromatic heterocycles. The van der Waals surface area contributed by atoms with Crippen LogP contribution in [0.1, 0.15) is 15.9 Å². The number of aromatic nitrogens is 1. The van der Waals surface area contributed by atoms with Crippen LogP contribution in [0.15, 0.2) is 30.5 Å². The maximum absolute atomic E-state index is 13.6. The van der Waals surface area contributed by atoms with E-state index in [1.807, 2.05) is 0 Å². The van der Waals surface area contributed by atoms with Crippen LogP contribution in [0.5, 0.6) is 0 Å². The summed E-state index contributed by atoms with van der Waals surface area (Å²) in [4.78, 5) is 27.3. The fraction of sp³-hybridized carbons (Fsp3) is 0.133. The molecule has 9 heteroatoms. The van der Waals surface area contributed by atoms with Crippen LogP contribution >= 0.6 is 11.6 Å². The van der Waals surface area contributed by atoms with Crippen LogP contribution in [0.4, 0.5) is 13.2 Å². The van der Waals surface area contributed by atoms with Crippen LogP contribution in [0.25, 0.3) is 0 Å². The highest BCUT2D eigenvalue weighted by molar-refractivity contribution is 6.29. The highest BCUT2D eigenvalue weighted by Crippen LogP contribution is 2.15. The van der Waals surface area contributed by atoms with E-state index in [9.17, 15) is 22.8 Å². The smallest absolute Gasteiger partial charge is 0.257 e. The molecule has 3 N–H and O–H groups in total. The molecule has 1 atom stereocenters. The fourth-order valence-corrected chi connectivity index (χ4v) is 2.09. The zero-order valence-corrected chi connectivity index (χ0v) is 12.8. The van der Waals surface area contributed by atoms with Crippen molar-refractivity contribution < 1.29 is 22.8 Å². The van der Waals surface area contributed by atoms with Gasteiger partial charge in [0.2, 0.25) is 5.91 Å². The molecule has 0 fully saturated rings. The Kier molecular flexibility index (Phi) is 5.40. The third-order valence-corrected chi connectivity index (χ3v) is 3.33. The van der Waals surface area contributed by atoms with Crippen molar-refractivity contribution in [2.75, 3.05) is 0 Å². The second-order valence-corrected chi connectivity index (χ2v) is 5.25. The number of halogens is 4. The van der Waals surface area contributed by atoms with Crippen LogP contribution in [0, 0.1) is 17.5 Å². The molecule has 5 nitrogen and oxygen atoms in total. The molecule has 1 heterocycles. The molecule has 2 amide bonds. The second-order valence-electron chi connectivity index (χ2n) is 4.87. The summed E-state index contributed by atoms with van der Waals surface area (Å²) in [6, 6.07) is 2.50. The summed E-state index contributed by atoms with van der Waals surface area (Å²) in [7, 11) is 0. The molecule has 1 aromatic carbocycles. The van der Waals surface area contributed by atoms with Crippen LogP contribution < -0.4 is 11.1 Å². The van der Waals surface area contributed by atoms with Gasteiger partial charge in [-0.2, -0.15) is 0 Å². The van der Waals surface area contributed by atoms with E-state index < -0.39 is 40.9 Å². The lowest BCUT2D eigenvalue weighted by Crippen LogP contribution is -2.46. The minimum Gasteiger partial charge on any atom is -0.368 e. The van der Waals surface area contributed by atoms with E-state index in [2.05, 4.69) is 10.3 Å². The molecule has 2 aromatic rings. The molecule has 24 heavy (non-hydrogen) atoms. The third kappa shape index (κ3) is 4.23. The Balaban J connectivity index is 2.20. The summed E-state index contributed by atoms with van der Waals surface area (Å²) >= 11 is 5.64. The molecule has 0 saturated heterocycles. The Hall–Kier alpha value is -2.61. The number of nitrogens with two attached hydrogens (primary N) is 1. The Morgan fingerprint density at radius 2 is 1.83 bits per heavy atom. The van der Waals surface area contributed by atoms with Gasteiger partial charge < -0.3 is 11.1 Å². The van der Waals surface area contributed by atoms with Gasteiger partial charge in [-0.05, 0) is 11.6 Å². The van der Waals surface area contributed by atoms with Gasteiger partial charge in [0.25, 0.3) is 5.91 Å². The zero-order chi connectivity index (χ0) is 17.9. The molecule has 0 spiro atoms. The Bertz CT molecular complexity index is 761. The van der Waals surface area contributed by atoms with Gasteiger partial charge in [0, 0.05) is 24.8 Å². The largest absolute Gasteiger partial charge is 0.368 e. The summed E-state index contributed by atoms with van der Waals surface area (Å²) in [5.74, 6) is -6.08. The Morgan fingerprint density at radius 3 is 2.33 bits per heavy atom. The van der Waals surface area contributed by atoms with Gasteiger partial charge in [-0.3, -0.25) is 9.59 Å². The number of nitrogens with one attached hydrogen (secondary N) is 1. The van der Waals surface area contributed by atoms with E-state index in [4.69, 9.17) is 17.3 Å². The van der Waals surface area contributed by atoms with Crippen molar-refractivity contribution in [1.29, 1.82) is 0 Å². The number of benzene rings is 1. The second kappa shape index (κ2) is 7.31. The van der Waals surface area contributed by atoms with Gasteiger partial charge in [-0.25, -0.2) is 18.2 Å². The topological polar surface area (TPSA) is 85.1 Å². The van der Waals surface area contributed by atoms with E-state index >= 15 is 0 Å². The van der Waals surface area contributed by atoms with Crippen molar-refractivity contribution >= 4 is 23.4 Å². The number of carbonyl (C=O) groups excluding carboxylic acids is 2. The molecular weight excluding hydrogens is 347 g/mol. The first kappa shape index (κ1) is 17.7. The minimum atomic E-state index is -1.39. The van der Waals surface area contributed by atoms with Crippen molar-refractivity contribution in [3.63, 3.8) is 0 Å². The normalized spacial score (nSPS) is 11.8. The number of hydrogen-bond acceptors (Lipinski definition) is 3. The number of primary amides is 1. The van der Waals surface area contributed by atoms with Gasteiger partial charge >= 0.3 is 0 Å². The van der Waals surface area contributed by atoms with Crippen LogP contribution in [-0.2, 0) is 11.2 Å². The molecule has 0 aliphatic rings. The Morgan fingerprint density at radius 1 is 1.21 bits per heavy atom. The maximum Gasteiger partial charge on any atom is 0.257 e. The van der Waals surface area contributed by atoms with Gasteiger partial charge in [0.1, 0.15) is 34.2 Å². The summed E-state index contributed by atoms with van der Waals surface area (Å²) < 4.78 is 40.1. The van der Waals surface area contributed by atoms with E-state index in [1.54, 1.807) is 6.07 Å². The molecule has 0 aliphatic heterocycles. The summed E-state index contributed by atoms with van der Waals surface area (Å²) in [6.45, 7) is 0. The first-order valence-corrected chi connectivity index (χ1v) is 7.01. The average molecular weight is 358 g/mol. The summed E-state index contributed by atoms with van der Waals surface area (Å²) in [5, 5.41) is 2.35. The predicted molar refractivity (Wildman–Crippen MR) is 79.7 cm³/mol. The molecule has 126 valence electrons. The van der Waals surface area contributed by atoms with Crippen molar-refractivity contribution in [2.24, 2.45) is 5.73 Å². The van der Waals surface area contributed by atoms with Gasteiger partial charge in [-0.15, -0.1) is 0 Å². The number of amides is 2. The van der Waals surface area contributed by atoms with Gasteiger partial charge in [0.05, 0.1) is 0 Å². The monoisotopic (exact) mass is 357 g/mol. The molecule has 0 bridgehead atoms. The molecule has 0 radical (unpaired) electrons. The predicted octanol–water partition coefficient (Wildman–Crippen LogP) is 1.98. The van der Waals surface area contributed by atoms with E-state index in [0.717, 1.165) is 0 Å².